The Morgan fingerprint density at radius 1 is 0.696 bits per heavy atom. The molecule has 1 fully saturated rings. The fraction of sp³-hybridized carbons (Fsp3) is 0.641. The zero-order valence-corrected chi connectivity index (χ0v) is 56.0. The second kappa shape index (κ2) is 38.8. The molecule has 92 heavy (non-hydrogen) atoms. The quantitative estimate of drug-likeness (QED) is 0.0430. The minimum absolute atomic E-state index is 0.0355. The van der Waals surface area contributed by atoms with E-state index in [1.165, 1.54) is 26.2 Å². The summed E-state index contributed by atoms with van der Waals surface area (Å²) in [4.78, 5) is 150. The Kier molecular flexibility index (Phi) is 33.0. The van der Waals surface area contributed by atoms with Crippen LogP contribution in [-0.2, 0) is 64.0 Å². The van der Waals surface area contributed by atoms with Crippen LogP contribution in [0, 0.1) is 29.6 Å². The molecule has 0 aromatic heterocycles. The number of carbonyl (C=O) groups excluding carboxylic acids is 11. The van der Waals surface area contributed by atoms with E-state index in [1.807, 2.05) is 32.0 Å². The molecule has 13 N–H and O–H groups in total. The Labute approximate surface area is 541 Å². The smallest absolute Gasteiger partial charge is 0.410 e. The molecule has 0 radical (unpaired) electrons. The summed E-state index contributed by atoms with van der Waals surface area (Å²) in [7, 11) is 6.05. The molecule has 1 heterocycles. The average molecular weight is 1290 g/mol. The first-order chi connectivity index (χ1) is 43.4. The number of hydrogen-bond acceptors (Lipinski definition) is 16. The molecule has 1 aliphatic heterocycles. The summed E-state index contributed by atoms with van der Waals surface area (Å²) in [5.74, 6) is -7.14. The van der Waals surface area contributed by atoms with Crippen molar-refractivity contribution in [3.8, 4) is 0 Å². The Morgan fingerprint density at radius 3 is 1.88 bits per heavy atom. The topological polar surface area (TPSA) is 394 Å². The van der Waals surface area contributed by atoms with Gasteiger partial charge in [-0.25, -0.2) is 9.59 Å². The van der Waals surface area contributed by atoms with E-state index >= 15 is 0 Å². The van der Waals surface area contributed by atoms with Crippen LogP contribution in [0.1, 0.15) is 125 Å². The number of benzene rings is 2. The number of likely N-dealkylation sites (tertiary alicyclic amines) is 1. The van der Waals surface area contributed by atoms with Crippen LogP contribution in [0.2, 0.25) is 0 Å². The number of nitrogens with two attached hydrogens (primary N) is 2. The van der Waals surface area contributed by atoms with Crippen LogP contribution >= 0.6 is 0 Å². The highest BCUT2D eigenvalue weighted by Gasteiger charge is 2.44. The summed E-state index contributed by atoms with van der Waals surface area (Å²) < 4.78 is 17.7. The number of nitrogens with zero attached hydrogens (tertiary/aromatic N) is 3. The van der Waals surface area contributed by atoms with Crippen LogP contribution in [0.25, 0.3) is 0 Å². The summed E-state index contributed by atoms with van der Waals surface area (Å²) in [6, 6.07) is 8.36. The van der Waals surface area contributed by atoms with Gasteiger partial charge in [-0.15, -0.1) is 0 Å². The number of likely N-dealkylation sites (N-methyl/N-ethyl adjacent to an activating group) is 2. The van der Waals surface area contributed by atoms with Crippen LogP contribution in [-0.4, -0.2) is 201 Å². The molecule has 1 aliphatic rings. The van der Waals surface area contributed by atoms with Gasteiger partial charge in [0.2, 0.25) is 53.2 Å². The number of carbonyl (C=O) groups is 11. The van der Waals surface area contributed by atoms with Gasteiger partial charge in [-0.05, 0) is 79.5 Å². The molecule has 514 valence electrons. The lowest BCUT2D eigenvalue weighted by atomic mass is 9.89. The number of anilines is 1. The zero-order chi connectivity index (χ0) is 69.1. The van der Waals surface area contributed by atoms with Crippen LogP contribution in [0.15, 0.2) is 54.6 Å². The molecule has 12 unspecified atom stereocenters. The van der Waals surface area contributed by atoms with E-state index in [4.69, 9.17) is 25.7 Å². The number of aliphatic hydroxyl groups is 1. The van der Waals surface area contributed by atoms with E-state index in [9.17, 15) is 57.8 Å². The highest BCUT2D eigenvalue weighted by Crippen LogP contribution is 2.30. The predicted octanol–water partition coefficient (Wildman–Crippen LogP) is 1.78. The summed E-state index contributed by atoms with van der Waals surface area (Å²) in [6.45, 7) is 16.8. The Bertz CT molecular complexity index is 2760. The molecule has 12 amide bonds. The lowest BCUT2D eigenvalue weighted by Crippen LogP contribution is -2.60. The highest BCUT2D eigenvalue weighted by atomic mass is 16.6. The van der Waals surface area contributed by atoms with Crippen LogP contribution in [0.3, 0.4) is 0 Å². The minimum atomic E-state index is -1.17. The average Bonchev–Trinajstić information content (AvgIpc) is 1.54. The summed E-state index contributed by atoms with van der Waals surface area (Å²) in [5.41, 5.74) is 11.9. The predicted molar refractivity (Wildman–Crippen MR) is 344 cm³/mol. The first-order valence-electron chi connectivity index (χ1n) is 31.5. The summed E-state index contributed by atoms with van der Waals surface area (Å²) in [5, 5.41) is 31.8. The maximum atomic E-state index is 14.8. The fourth-order valence-electron chi connectivity index (χ4n) is 11.2. The molecule has 0 aliphatic carbocycles. The molecule has 12 atom stereocenters. The van der Waals surface area contributed by atoms with Crippen LogP contribution < -0.4 is 54.0 Å². The number of methoxy groups -OCH3 is 2. The lowest BCUT2D eigenvalue weighted by Gasteiger charge is -2.41. The molecule has 28 heteroatoms. The van der Waals surface area contributed by atoms with Gasteiger partial charge in [-0.1, -0.05) is 111 Å². The number of ether oxygens (including phenoxy) is 3. The largest absolute Gasteiger partial charge is 0.445 e. The van der Waals surface area contributed by atoms with E-state index in [0.717, 1.165) is 4.90 Å². The summed E-state index contributed by atoms with van der Waals surface area (Å²) >= 11 is 0. The van der Waals surface area contributed by atoms with Gasteiger partial charge in [0.1, 0.15) is 30.8 Å². The Morgan fingerprint density at radius 2 is 1.32 bits per heavy atom. The monoisotopic (exact) mass is 1290 g/mol. The number of aliphatic hydroxyl groups excluding tert-OH is 1. The number of nitrogens with one attached hydrogen (secondary N) is 8. The molecule has 0 bridgehead atoms. The van der Waals surface area contributed by atoms with Crippen molar-refractivity contribution >= 4 is 71.0 Å². The second-order valence-electron chi connectivity index (χ2n) is 24.6. The van der Waals surface area contributed by atoms with Crippen molar-refractivity contribution < 1.29 is 72.1 Å². The molecule has 28 nitrogen and oxygen atoms in total. The van der Waals surface area contributed by atoms with Crippen molar-refractivity contribution in [3.05, 3.63) is 65.7 Å². The van der Waals surface area contributed by atoms with Gasteiger partial charge < -0.3 is 83.1 Å². The van der Waals surface area contributed by atoms with Crippen molar-refractivity contribution in [2.75, 3.05) is 66.4 Å². The fourth-order valence-corrected chi connectivity index (χ4v) is 11.2. The van der Waals surface area contributed by atoms with Crippen molar-refractivity contribution in [2.24, 2.45) is 41.1 Å². The van der Waals surface area contributed by atoms with Crippen molar-refractivity contribution in [3.63, 3.8) is 0 Å². The normalized spacial score (nSPS) is 16.6. The maximum absolute atomic E-state index is 14.8. The van der Waals surface area contributed by atoms with E-state index in [2.05, 4.69) is 42.5 Å². The first-order valence-corrected chi connectivity index (χ1v) is 31.5. The molecule has 0 saturated carbocycles. The molecule has 2 aromatic rings. The Hall–Kier alpha value is -7.95. The lowest BCUT2D eigenvalue weighted by molar-refractivity contribution is -0.148. The molecule has 1 saturated heterocycles. The number of hydrogen-bond donors (Lipinski definition) is 11. The van der Waals surface area contributed by atoms with Crippen molar-refractivity contribution in [1.29, 1.82) is 0 Å². The number of rotatable bonds is 37. The van der Waals surface area contributed by atoms with Crippen LogP contribution in [0.4, 0.5) is 15.3 Å². The first kappa shape index (κ1) is 78.3. The Balaban J connectivity index is 1.70. The van der Waals surface area contributed by atoms with Gasteiger partial charge in [0.05, 0.1) is 68.4 Å². The van der Waals surface area contributed by atoms with Gasteiger partial charge in [-0.2, -0.15) is 0 Å². The zero-order valence-electron chi connectivity index (χ0n) is 56.0. The van der Waals surface area contributed by atoms with E-state index < -0.39 is 151 Å². The van der Waals surface area contributed by atoms with Gasteiger partial charge >= 0.3 is 12.1 Å². The van der Waals surface area contributed by atoms with Crippen LogP contribution in [0.5, 0.6) is 0 Å². The minimum Gasteiger partial charge on any atom is -0.445 e. The van der Waals surface area contributed by atoms with E-state index in [-0.39, 0.29) is 56.7 Å². The third-order valence-electron chi connectivity index (χ3n) is 16.6. The maximum Gasteiger partial charge on any atom is 0.410 e. The van der Waals surface area contributed by atoms with Gasteiger partial charge in [-0.3, -0.25) is 48.1 Å². The molecule has 2 aromatic carbocycles. The van der Waals surface area contributed by atoms with Crippen molar-refractivity contribution in [2.45, 2.75) is 175 Å². The standard InChI is InChI=1S/C64H103N13O15/c1-15-39(8)55(47(90-13)31-51(81)77-30-20-24-46(77)57(91-14)40(9)58(83)70-41(10)56(82)43-21-17-16-18-22-43)75(11)62(87)53(37(4)5)74-61(86)54(38(6)7)76(12)64(89)92-35-42-25-27-44(28-26-42)71-59(84)45(23-19-29-67-63(66)88)72-60(85)52(36(2)3)73-50(80)34-69-49(79)33-68-48(78)32-65/h16-18,21-22,25-28,36-41,45-47,52-57,82H,15,19-20,23-24,29-35,65H2,1-14H3,(H,68,78)(H,69,79)(H,70,83)(H,71,84)(H,72,85)(H,73,80)(H,74,86)(H3,66,67,88). The molecule has 3 rings (SSSR count). The van der Waals surface area contributed by atoms with E-state index in [0.29, 0.717) is 42.6 Å². The molecular formula is C64H103N13O15. The van der Waals surface area contributed by atoms with Gasteiger partial charge in [0.25, 0.3) is 0 Å². The highest BCUT2D eigenvalue weighted by molar-refractivity contribution is 5.99. The van der Waals surface area contributed by atoms with Gasteiger partial charge in [0.15, 0.2) is 0 Å². The summed E-state index contributed by atoms with van der Waals surface area (Å²) in [6.07, 6.45) is -1.21. The number of primary amides is 1. The molecular weight excluding hydrogens is 1190 g/mol. The molecule has 0 spiro atoms. The third kappa shape index (κ3) is 23.9. The third-order valence-corrected chi connectivity index (χ3v) is 16.6. The van der Waals surface area contributed by atoms with E-state index in [1.54, 1.807) is 104 Å². The van der Waals surface area contributed by atoms with Crippen molar-refractivity contribution in [1.82, 2.24) is 51.9 Å². The second-order valence-corrected chi connectivity index (χ2v) is 24.6. The SMILES string of the molecule is CCC(C)C(C(CC(=O)N1CCCC1C(OC)C(C)C(=O)NC(C)C(O)c1ccccc1)OC)N(C)C(=O)C(NC(=O)C(C(C)C)N(C)C(=O)OCc1ccc(NC(=O)C(CCCNC(N)=O)NC(=O)C(NC(=O)CNC(=O)CNC(=O)CN)C(C)C)cc1)C(C)C. The van der Waals surface area contributed by atoms with Gasteiger partial charge in [0, 0.05) is 47.1 Å². The number of amides is 12. The number of urea groups is 1.